The molecule has 0 aromatic heterocycles. The quantitative estimate of drug-likeness (QED) is 0.816. The molecular formula is C14H27N3. The van der Waals surface area contributed by atoms with Gasteiger partial charge in [-0.1, -0.05) is 0 Å². The van der Waals surface area contributed by atoms with Crippen molar-refractivity contribution >= 4 is 0 Å². The molecule has 1 N–H and O–H groups in total. The van der Waals surface area contributed by atoms with Gasteiger partial charge in [-0.2, -0.15) is 5.26 Å². The molecule has 3 nitrogen and oxygen atoms in total. The second-order valence-electron chi connectivity index (χ2n) is 6.40. The van der Waals surface area contributed by atoms with Crippen LogP contribution in [-0.2, 0) is 0 Å². The van der Waals surface area contributed by atoms with Gasteiger partial charge in [0.2, 0.25) is 0 Å². The molecule has 0 spiro atoms. The highest BCUT2D eigenvalue weighted by Crippen LogP contribution is 2.22. The number of nitriles is 1. The van der Waals surface area contributed by atoms with Gasteiger partial charge in [-0.25, -0.2) is 0 Å². The first-order valence-corrected chi connectivity index (χ1v) is 6.76. The van der Waals surface area contributed by atoms with Gasteiger partial charge < -0.3 is 4.90 Å². The van der Waals surface area contributed by atoms with E-state index in [9.17, 15) is 0 Å². The summed E-state index contributed by atoms with van der Waals surface area (Å²) in [6, 6.07) is 2.39. The van der Waals surface area contributed by atoms with Crippen molar-refractivity contribution in [1.82, 2.24) is 10.2 Å². The number of piperidine rings is 1. The van der Waals surface area contributed by atoms with E-state index in [0.717, 1.165) is 12.3 Å². The standard InChI is InChI=1S/C14H27N3/c1-14(2,3)16-13(11-15)6-5-12-7-9-17(4)10-8-12/h12-13,16H,5-10H2,1-4H3. The zero-order chi connectivity index (χ0) is 12.9. The van der Waals surface area contributed by atoms with Gasteiger partial charge in [0.05, 0.1) is 12.1 Å². The summed E-state index contributed by atoms with van der Waals surface area (Å²) < 4.78 is 0. The Labute approximate surface area is 106 Å². The first kappa shape index (κ1) is 14.5. The Morgan fingerprint density at radius 2 is 1.94 bits per heavy atom. The minimum absolute atomic E-state index is 0.00894. The van der Waals surface area contributed by atoms with Crippen molar-refractivity contribution in [2.45, 2.75) is 58.0 Å². The van der Waals surface area contributed by atoms with E-state index in [1.165, 1.54) is 32.4 Å². The molecule has 0 aromatic rings. The zero-order valence-electron chi connectivity index (χ0n) is 11.8. The molecule has 1 atom stereocenters. The number of nitrogens with one attached hydrogen (secondary N) is 1. The summed E-state index contributed by atoms with van der Waals surface area (Å²) in [5, 5.41) is 12.5. The molecule has 1 heterocycles. The molecule has 0 aromatic carbocycles. The summed E-state index contributed by atoms with van der Waals surface area (Å²) in [6.45, 7) is 8.79. The van der Waals surface area contributed by atoms with Crippen molar-refractivity contribution < 1.29 is 0 Å². The maximum absolute atomic E-state index is 9.14. The second-order valence-corrected chi connectivity index (χ2v) is 6.40. The van der Waals surface area contributed by atoms with E-state index in [-0.39, 0.29) is 11.6 Å². The summed E-state index contributed by atoms with van der Waals surface area (Å²) in [5.41, 5.74) is 0.0349. The fourth-order valence-corrected chi connectivity index (χ4v) is 2.44. The van der Waals surface area contributed by atoms with Crippen LogP contribution in [0.2, 0.25) is 0 Å². The SMILES string of the molecule is CN1CCC(CCC(C#N)NC(C)(C)C)CC1. The molecule has 98 valence electrons. The van der Waals surface area contributed by atoms with Crippen LogP contribution in [0.5, 0.6) is 0 Å². The van der Waals surface area contributed by atoms with E-state index in [4.69, 9.17) is 5.26 Å². The molecule has 0 bridgehead atoms. The van der Waals surface area contributed by atoms with E-state index in [1.54, 1.807) is 0 Å². The lowest BCUT2D eigenvalue weighted by molar-refractivity contribution is 0.206. The molecule has 17 heavy (non-hydrogen) atoms. The average molecular weight is 237 g/mol. The zero-order valence-corrected chi connectivity index (χ0v) is 11.8. The van der Waals surface area contributed by atoms with E-state index in [1.807, 2.05) is 0 Å². The van der Waals surface area contributed by atoms with Gasteiger partial charge in [0, 0.05) is 5.54 Å². The molecule has 1 rings (SSSR count). The fourth-order valence-electron chi connectivity index (χ4n) is 2.44. The van der Waals surface area contributed by atoms with Gasteiger partial charge in [0.1, 0.15) is 0 Å². The summed E-state index contributed by atoms with van der Waals surface area (Å²) in [6.07, 6.45) is 4.77. The topological polar surface area (TPSA) is 39.1 Å². The van der Waals surface area contributed by atoms with Crippen LogP contribution in [-0.4, -0.2) is 36.6 Å². The Balaban J connectivity index is 2.26. The second kappa shape index (κ2) is 6.37. The highest BCUT2D eigenvalue weighted by molar-refractivity contribution is 4.94. The molecule has 1 fully saturated rings. The Morgan fingerprint density at radius 1 is 1.35 bits per heavy atom. The third kappa shape index (κ3) is 6.05. The summed E-state index contributed by atoms with van der Waals surface area (Å²) in [7, 11) is 2.19. The number of hydrogen-bond acceptors (Lipinski definition) is 3. The number of likely N-dealkylation sites (tertiary alicyclic amines) is 1. The van der Waals surface area contributed by atoms with Gasteiger partial charge in [-0.15, -0.1) is 0 Å². The monoisotopic (exact) mass is 237 g/mol. The van der Waals surface area contributed by atoms with Crippen LogP contribution in [0.15, 0.2) is 0 Å². The Kier molecular flexibility index (Phi) is 5.42. The molecule has 0 saturated carbocycles. The number of nitrogens with zero attached hydrogens (tertiary/aromatic N) is 2. The van der Waals surface area contributed by atoms with E-state index in [2.05, 4.69) is 44.1 Å². The summed E-state index contributed by atoms with van der Waals surface area (Å²) >= 11 is 0. The largest absolute Gasteiger partial charge is 0.306 e. The van der Waals surface area contributed by atoms with E-state index >= 15 is 0 Å². The van der Waals surface area contributed by atoms with Crippen LogP contribution in [0.4, 0.5) is 0 Å². The summed E-state index contributed by atoms with van der Waals surface area (Å²) in [5.74, 6) is 0.823. The van der Waals surface area contributed by atoms with Gasteiger partial charge in [-0.3, -0.25) is 5.32 Å². The molecule has 0 radical (unpaired) electrons. The third-order valence-corrected chi connectivity index (χ3v) is 3.46. The lowest BCUT2D eigenvalue weighted by atomic mass is 9.90. The molecule has 1 unspecified atom stereocenters. The maximum Gasteiger partial charge on any atom is 0.0957 e. The molecule has 0 aliphatic carbocycles. The van der Waals surface area contributed by atoms with Crippen molar-refractivity contribution in [3.63, 3.8) is 0 Å². The van der Waals surface area contributed by atoms with Crippen molar-refractivity contribution in [3.05, 3.63) is 0 Å². The average Bonchev–Trinajstić information content (AvgIpc) is 2.25. The molecule has 1 saturated heterocycles. The first-order chi connectivity index (χ1) is 7.90. The van der Waals surface area contributed by atoms with Gasteiger partial charge in [0.15, 0.2) is 0 Å². The lowest BCUT2D eigenvalue weighted by Gasteiger charge is -2.30. The molecular weight excluding hydrogens is 210 g/mol. The summed E-state index contributed by atoms with van der Waals surface area (Å²) in [4.78, 5) is 2.39. The highest BCUT2D eigenvalue weighted by Gasteiger charge is 2.20. The van der Waals surface area contributed by atoms with Crippen molar-refractivity contribution in [3.8, 4) is 6.07 Å². The van der Waals surface area contributed by atoms with Crippen LogP contribution >= 0.6 is 0 Å². The first-order valence-electron chi connectivity index (χ1n) is 6.76. The fraction of sp³-hybridized carbons (Fsp3) is 0.929. The maximum atomic E-state index is 9.14. The smallest absolute Gasteiger partial charge is 0.0957 e. The predicted molar refractivity (Wildman–Crippen MR) is 71.7 cm³/mol. The normalized spacial score (nSPS) is 21.1. The lowest BCUT2D eigenvalue weighted by Crippen LogP contribution is -2.43. The van der Waals surface area contributed by atoms with Crippen molar-refractivity contribution in [1.29, 1.82) is 5.26 Å². The highest BCUT2D eigenvalue weighted by atomic mass is 15.1. The third-order valence-electron chi connectivity index (χ3n) is 3.46. The number of hydrogen-bond donors (Lipinski definition) is 1. The van der Waals surface area contributed by atoms with Crippen LogP contribution in [0, 0.1) is 17.2 Å². The van der Waals surface area contributed by atoms with Crippen LogP contribution in [0.3, 0.4) is 0 Å². The van der Waals surface area contributed by atoms with Crippen LogP contribution in [0.25, 0.3) is 0 Å². The van der Waals surface area contributed by atoms with E-state index < -0.39 is 0 Å². The molecule has 1 aliphatic heterocycles. The predicted octanol–water partition coefficient (Wildman–Crippen LogP) is 2.39. The number of rotatable bonds is 4. The Bertz CT molecular complexity index is 254. The minimum Gasteiger partial charge on any atom is -0.306 e. The van der Waals surface area contributed by atoms with Crippen molar-refractivity contribution in [2.75, 3.05) is 20.1 Å². The molecule has 3 heteroatoms. The Hall–Kier alpha value is -0.590. The Morgan fingerprint density at radius 3 is 2.41 bits per heavy atom. The minimum atomic E-state index is 0.00894. The van der Waals surface area contributed by atoms with Gasteiger partial charge in [-0.05, 0) is 72.5 Å². The molecule has 1 aliphatic rings. The van der Waals surface area contributed by atoms with Crippen molar-refractivity contribution in [2.24, 2.45) is 5.92 Å². The molecule has 0 amide bonds. The van der Waals surface area contributed by atoms with Gasteiger partial charge >= 0.3 is 0 Å². The van der Waals surface area contributed by atoms with Gasteiger partial charge in [0.25, 0.3) is 0 Å². The van der Waals surface area contributed by atoms with E-state index in [0.29, 0.717) is 0 Å². The van der Waals surface area contributed by atoms with Crippen LogP contribution in [0.1, 0.15) is 46.5 Å². The van der Waals surface area contributed by atoms with Crippen LogP contribution < -0.4 is 5.32 Å².